The zero-order valence-electron chi connectivity index (χ0n) is 27.1. The molecule has 6 heteroatoms. The van der Waals surface area contributed by atoms with E-state index in [-0.39, 0.29) is 22.7 Å². The molecule has 0 saturated carbocycles. The number of rotatable bonds is 1. The maximum absolute atomic E-state index is 12.6. The lowest BCUT2D eigenvalue weighted by atomic mass is 9.75. The Labute approximate surface area is 240 Å². The Morgan fingerprint density at radius 3 is 0.825 bits per heavy atom. The van der Waals surface area contributed by atoms with E-state index in [0.29, 0.717) is 5.56 Å². The summed E-state index contributed by atoms with van der Waals surface area (Å²) in [6, 6.07) is 14.5. The van der Waals surface area contributed by atoms with Crippen LogP contribution < -0.4 is 0 Å². The summed E-state index contributed by atoms with van der Waals surface area (Å²) in [5.41, 5.74) is 0.879. The highest BCUT2D eigenvalue weighted by atomic mass is 19.4. The van der Waals surface area contributed by atoms with Gasteiger partial charge in [0.05, 0.1) is 11.0 Å². The molecule has 0 radical (unpaired) electrons. The Kier molecular flexibility index (Phi) is 12.3. The second-order valence-corrected chi connectivity index (χ2v) is 15.5. The van der Waals surface area contributed by atoms with E-state index in [1.807, 2.05) is 20.8 Å². The minimum Gasteiger partial charge on any atom is -0.171 e. The maximum Gasteiger partial charge on any atom is 0.416 e. The summed E-state index contributed by atoms with van der Waals surface area (Å²) in [4.78, 5) is 0. The zero-order chi connectivity index (χ0) is 32.2. The van der Waals surface area contributed by atoms with Crippen LogP contribution in [0.2, 0.25) is 0 Å². The first-order chi connectivity index (χ1) is 17.4. The average Bonchev–Trinajstić information content (AvgIpc) is 2.70. The van der Waals surface area contributed by atoms with Crippen molar-refractivity contribution < 1.29 is 26.3 Å². The lowest BCUT2D eigenvalue weighted by Gasteiger charge is -2.34. The smallest absolute Gasteiger partial charge is 0.171 e. The van der Waals surface area contributed by atoms with Gasteiger partial charge < -0.3 is 0 Å². The van der Waals surface area contributed by atoms with Crippen LogP contribution in [-0.2, 0) is 22.4 Å². The molecule has 2 aromatic rings. The van der Waals surface area contributed by atoms with E-state index in [2.05, 4.69) is 65.8 Å². The van der Waals surface area contributed by atoms with Gasteiger partial charge in [-0.05, 0) is 50.8 Å². The third kappa shape index (κ3) is 12.7. The molecule has 0 atom stereocenters. The lowest BCUT2D eigenvalue weighted by molar-refractivity contribution is -0.220. The molecular formula is C34H52F6. The van der Waals surface area contributed by atoms with Gasteiger partial charge in [0.25, 0.3) is 0 Å². The largest absolute Gasteiger partial charge is 0.416 e. The van der Waals surface area contributed by atoms with E-state index >= 15 is 0 Å². The van der Waals surface area contributed by atoms with Crippen LogP contribution in [0, 0.1) is 10.8 Å². The third-order valence-corrected chi connectivity index (χ3v) is 6.32. The summed E-state index contributed by atoms with van der Waals surface area (Å²) in [5, 5.41) is 0. The third-order valence-electron chi connectivity index (χ3n) is 6.32. The lowest BCUT2D eigenvalue weighted by Crippen LogP contribution is -2.35. The van der Waals surface area contributed by atoms with Crippen molar-refractivity contribution in [2.45, 2.75) is 132 Å². The van der Waals surface area contributed by atoms with E-state index in [0.717, 1.165) is 6.07 Å². The predicted molar refractivity (Wildman–Crippen MR) is 158 cm³/mol. The van der Waals surface area contributed by atoms with E-state index in [1.165, 1.54) is 37.1 Å². The van der Waals surface area contributed by atoms with Crippen molar-refractivity contribution in [1.29, 1.82) is 0 Å². The molecule has 0 heterocycles. The first-order valence-electron chi connectivity index (χ1n) is 13.7. The molecular weight excluding hydrogens is 522 g/mol. The van der Waals surface area contributed by atoms with Gasteiger partial charge in [0.1, 0.15) is 0 Å². The molecule has 2 aromatic carbocycles. The first-order valence-corrected chi connectivity index (χ1v) is 13.7. The molecule has 0 spiro atoms. The van der Waals surface area contributed by atoms with Crippen LogP contribution in [0.4, 0.5) is 26.3 Å². The van der Waals surface area contributed by atoms with Gasteiger partial charge in [-0.2, -0.15) is 26.3 Å². The van der Waals surface area contributed by atoms with Gasteiger partial charge in [0.2, 0.25) is 0 Å². The highest BCUT2D eigenvalue weighted by Crippen LogP contribution is 2.45. The molecule has 230 valence electrons. The normalized spacial score (nSPS) is 13.6. The number of halogens is 6. The number of hydrogen-bond acceptors (Lipinski definition) is 0. The van der Waals surface area contributed by atoms with Gasteiger partial charge in [0, 0.05) is 0 Å². The van der Waals surface area contributed by atoms with Crippen LogP contribution >= 0.6 is 0 Å². The van der Waals surface area contributed by atoms with Crippen LogP contribution in [0.5, 0.6) is 0 Å². The van der Waals surface area contributed by atoms with Crippen molar-refractivity contribution in [2.75, 3.05) is 0 Å². The summed E-state index contributed by atoms with van der Waals surface area (Å²) in [7, 11) is 0. The Balaban J connectivity index is 0.000000573. The molecule has 0 aromatic heterocycles. The Morgan fingerprint density at radius 2 is 0.675 bits per heavy atom. The number of hydrogen-bond donors (Lipinski definition) is 0. The van der Waals surface area contributed by atoms with Gasteiger partial charge >= 0.3 is 12.4 Å². The number of benzene rings is 2. The summed E-state index contributed by atoms with van der Waals surface area (Å²) < 4.78 is 74.8. The Morgan fingerprint density at radius 1 is 0.425 bits per heavy atom. The van der Waals surface area contributed by atoms with E-state index in [4.69, 9.17) is 0 Å². The second-order valence-electron chi connectivity index (χ2n) is 15.5. The quantitative estimate of drug-likeness (QED) is 0.297. The second kappa shape index (κ2) is 12.9. The fourth-order valence-corrected chi connectivity index (χ4v) is 4.60. The summed E-state index contributed by atoms with van der Waals surface area (Å²) >= 11 is 0. The van der Waals surface area contributed by atoms with Gasteiger partial charge in [-0.15, -0.1) is 0 Å². The monoisotopic (exact) mass is 574 g/mol. The first kappa shape index (κ1) is 38.0. The molecule has 0 nitrogen and oxygen atoms in total. The molecule has 0 saturated heterocycles. The summed E-state index contributed by atoms with van der Waals surface area (Å²) in [6.45, 7) is 26.9. The Bertz CT molecular complexity index is 911. The highest BCUT2D eigenvalue weighted by molar-refractivity contribution is 5.37. The fourth-order valence-electron chi connectivity index (χ4n) is 4.60. The number of alkyl halides is 6. The molecule has 0 fully saturated rings. The van der Waals surface area contributed by atoms with E-state index in [1.54, 1.807) is 26.8 Å². The van der Waals surface area contributed by atoms with Crippen LogP contribution in [0.25, 0.3) is 0 Å². The van der Waals surface area contributed by atoms with Gasteiger partial charge in [-0.1, -0.05) is 139 Å². The standard InChI is InChI=1S/C14H22.C11H13F3.C9H17F3/c1-13(2,3)11-9-7-8-10-12(11)14(4,5)6;1-10(2,3)8-6-4-5-7-9(8)11(12,13)14;1-7(2,3)6-8(4,5)9(10,11)12/h7-10H,1-6H3;4-7H,1-3H3;6H2,1-5H3. The molecule has 0 aliphatic rings. The van der Waals surface area contributed by atoms with Crippen molar-refractivity contribution in [3.63, 3.8) is 0 Å². The molecule has 2 rings (SSSR count). The van der Waals surface area contributed by atoms with Crippen molar-refractivity contribution in [1.82, 2.24) is 0 Å². The van der Waals surface area contributed by atoms with Crippen molar-refractivity contribution >= 4 is 0 Å². The van der Waals surface area contributed by atoms with Gasteiger partial charge in [0.15, 0.2) is 0 Å². The minimum atomic E-state index is -4.26. The van der Waals surface area contributed by atoms with Gasteiger partial charge in [-0.25, -0.2) is 0 Å². The van der Waals surface area contributed by atoms with Gasteiger partial charge in [-0.3, -0.25) is 0 Å². The van der Waals surface area contributed by atoms with Crippen molar-refractivity contribution in [3.05, 3.63) is 70.8 Å². The molecule has 0 N–H and O–H groups in total. The Hall–Kier alpha value is -1.98. The maximum atomic E-state index is 12.6. The van der Waals surface area contributed by atoms with Crippen LogP contribution in [0.3, 0.4) is 0 Å². The van der Waals surface area contributed by atoms with Crippen molar-refractivity contribution in [2.24, 2.45) is 10.8 Å². The van der Waals surface area contributed by atoms with E-state index < -0.39 is 28.7 Å². The SMILES string of the molecule is CC(C)(C)CC(C)(C)C(F)(F)F.CC(C)(C)c1ccccc1C(C)(C)C.CC(C)(C)c1ccccc1C(F)(F)F. The summed E-state index contributed by atoms with van der Waals surface area (Å²) in [5.74, 6) is 0. The molecule has 0 bridgehead atoms. The zero-order valence-corrected chi connectivity index (χ0v) is 27.1. The van der Waals surface area contributed by atoms with Crippen LogP contribution in [0.1, 0.15) is 126 Å². The molecule has 0 unspecified atom stereocenters. The molecule has 40 heavy (non-hydrogen) atoms. The average molecular weight is 575 g/mol. The van der Waals surface area contributed by atoms with Crippen LogP contribution in [-0.4, -0.2) is 6.18 Å². The predicted octanol–water partition coefficient (Wildman–Crippen LogP) is 12.3. The molecule has 0 aliphatic carbocycles. The fraction of sp³-hybridized carbons (Fsp3) is 0.647. The highest BCUT2D eigenvalue weighted by Gasteiger charge is 2.48. The molecule has 0 amide bonds. The van der Waals surface area contributed by atoms with E-state index in [9.17, 15) is 26.3 Å². The van der Waals surface area contributed by atoms with Crippen molar-refractivity contribution in [3.8, 4) is 0 Å². The topological polar surface area (TPSA) is 0 Å². The molecule has 0 aliphatic heterocycles. The summed E-state index contributed by atoms with van der Waals surface area (Å²) in [6.07, 6.45) is -8.20. The minimum absolute atomic E-state index is 0.156. The van der Waals surface area contributed by atoms with Crippen LogP contribution in [0.15, 0.2) is 48.5 Å².